The standard InChI is InChI=1S/C14H13BrCl2N2O/c1-3-19-12(14(15)8(2)18-19)7-13(20)10-6-9(16)4-5-11(10)17/h4-6H,3,7H2,1-2H3. The maximum absolute atomic E-state index is 12.4. The van der Waals surface area contributed by atoms with E-state index in [-0.39, 0.29) is 12.2 Å². The number of carbonyl (C=O) groups excluding carboxylic acids is 1. The minimum absolute atomic E-state index is 0.0761. The molecule has 106 valence electrons. The molecule has 0 amide bonds. The second kappa shape index (κ2) is 6.29. The molecule has 0 aliphatic carbocycles. The summed E-state index contributed by atoms with van der Waals surface area (Å²) in [6, 6.07) is 4.89. The number of nitrogens with zero attached hydrogens (tertiary/aromatic N) is 2. The van der Waals surface area contributed by atoms with Crippen molar-refractivity contribution in [2.24, 2.45) is 0 Å². The molecule has 6 heteroatoms. The van der Waals surface area contributed by atoms with Crippen molar-refractivity contribution >= 4 is 44.9 Å². The molecule has 2 aromatic rings. The van der Waals surface area contributed by atoms with Gasteiger partial charge in [0.05, 0.1) is 27.3 Å². The highest BCUT2D eigenvalue weighted by Gasteiger charge is 2.18. The van der Waals surface area contributed by atoms with Crippen LogP contribution >= 0.6 is 39.1 Å². The summed E-state index contributed by atoms with van der Waals surface area (Å²) in [5, 5.41) is 5.28. The van der Waals surface area contributed by atoms with Crippen molar-refractivity contribution in [3.63, 3.8) is 0 Å². The molecule has 0 saturated carbocycles. The van der Waals surface area contributed by atoms with Gasteiger partial charge < -0.3 is 0 Å². The molecular formula is C14H13BrCl2N2O. The molecule has 2 rings (SSSR count). The van der Waals surface area contributed by atoms with Crippen LogP contribution in [0.3, 0.4) is 0 Å². The number of aromatic nitrogens is 2. The Labute approximate surface area is 136 Å². The van der Waals surface area contributed by atoms with E-state index in [0.29, 0.717) is 22.2 Å². The maximum Gasteiger partial charge on any atom is 0.170 e. The Morgan fingerprint density at radius 2 is 2.10 bits per heavy atom. The molecule has 0 bridgehead atoms. The second-order valence-electron chi connectivity index (χ2n) is 4.39. The van der Waals surface area contributed by atoms with E-state index in [9.17, 15) is 4.79 Å². The van der Waals surface area contributed by atoms with Gasteiger partial charge in [-0.1, -0.05) is 23.2 Å². The van der Waals surface area contributed by atoms with Crippen molar-refractivity contribution in [3.05, 3.63) is 49.7 Å². The zero-order valence-corrected chi connectivity index (χ0v) is 14.2. The zero-order valence-electron chi connectivity index (χ0n) is 11.1. The third-order valence-electron chi connectivity index (χ3n) is 3.01. The second-order valence-corrected chi connectivity index (χ2v) is 6.02. The maximum atomic E-state index is 12.4. The Morgan fingerprint density at radius 3 is 2.75 bits per heavy atom. The van der Waals surface area contributed by atoms with Gasteiger partial charge in [0.15, 0.2) is 5.78 Å². The summed E-state index contributed by atoms with van der Waals surface area (Å²) in [4.78, 5) is 12.4. The van der Waals surface area contributed by atoms with Gasteiger partial charge in [0.2, 0.25) is 0 Å². The van der Waals surface area contributed by atoms with E-state index in [0.717, 1.165) is 15.9 Å². The summed E-state index contributed by atoms with van der Waals surface area (Å²) in [5.74, 6) is -0.0761. The van der Waals surface area contributed by atoms with Crippen molar-refractivity contribution in [1.82, 2.24) is 9.78 Å². The van der Waals surface area contributed by atoms with Crippen molar-refractivity contribution in [3.8, 4) is 0 Å². The Hall–Kier alpha value is -0.840. The molecule has 1 aromatic carbocycles. The zero-order chi connectivity index (χ0) is 14.9. The summed E-state index contributed by atoms with van der Waals surface area (Å²) >= 11 is 15.5. The number of ketones is 1. The normalized spacial score (nSPS) is 10.8. The number of benzene rings is 1. The van der Waals surface area contributed by atoms with Crippen molar-refractivity contribution in [1.29, 1.82) is 0 Å². The van der Waals surface area contributed by atoms with E-state index in [4.69, 9.17) is 23.2 Å². The van der Waals surface area contributed by atoms with E-state index < -0.39 is 0 Å². The fourth-order valence-electron chi connectivity index (χ4n) is 2.00. The topological polar surface area (TPSA) is 34.9 Å². The summed E-state index contributed by atoms with van der Waals surface area (Å²) in [6.07, 6.45) is 0.231. The largest absolute Gasteiger partial charge is 0.294 e. The predicted molar refractivity (Wildman–Crippen MR) is 84.8 cm³/mol. The lowest BCUT2D eigenvalue weighted by molar-refractivity contribution is 0.0990. The van der Waals surface area contributed by atoms with Crippen molar-refractivity contribution in [2.75, 3.05) is 0 Å². The van der Waals surface area contributed by atoms with Gasteiger partial charge >= 0.3 is 0 Å². The van der Waals surface area contributed by atoms with Gasteiger partial charge in [0, 0.05) is 17.1 Å². The first-order valence-electron chi connectivity index (χ1n) is 6.14. The van der Waals surface area contributed by atoms with Crippen LogP contribution < -0.4 is 0 Å². The first-order valence-corrected chi connectivity index (χ1v) is 7.69. The summed E-state index contributed by atoms with van der Waals surface area (Å²) < 4.78 is 2.68. The van der Waals surface area contributed by atoms with E-state index in [1.54, 1.807) is 18.2 Å². The lowest BCUT2D eigenvalue weighted by Gasteiger charge is -2.07. The Balaban J connectivity index is 2.35. The van der Waals surface area contributed by atoms with E-state index in [1.165, 1.54) is 0 Å². The number of aryl methyl sites for hydroxylation is 2. The highest BCUT2D eigenvalue weighted by molar-refractivity contribution is 9.10. The van der Waals surface area contributed by atoms with Gasteiger partial charge in [-0.05, 0) is 48.0 Å². The summed E-state index contributed by atoms with van der Waals surface area (Å²) in [5.41, 5.74) is 2.16. The average Bonchev–Trinajstić information content (AvgIpc) is 2.69. The molecule has 0 fully saturated rings. The van der Waals surface area contributed by atoms with Crippen LogP contribution in [-0.4, -0.2) is 15.6 Å². The van der Waals surface area contributed by atoms with Crippen LogP contribution in [0.5, 0.6) is 0 Å². The smallest absolute Gasteiger partial charge is 0.170 e. The van der Waals surface area contributed by atoms with Gasteiger partial charge in [0.1, 0.15) is 0 Å². The van der Waals surface area contributed by atoms with Crippen LogP contribution in [0.25, 0.3) is 0 Å². The van der Waals surface area contributed by atoms with Gasteiger partial charge in [-0.3, -0.25) is 9.48 Å². The molecule has 0 atom stereocenters. The minimum Gasteiger partial charge on any atom is -0.294 e. The monoisotopic (exact) mass is 374 g/mol. The fraction of sp³-hybridized carbons (Fsp3) is 0.286. The first kappa shape index (κ1) is 15.5. The lowest BCUT2D eigenvalue weighted by atomic mass is 10.1. The van der Waals surface area contributed by atoms with Gasteiger partial charge in [-0.2, -0.15) is 5.10 Å². The van der Waals surface area contributed by atoms with Crippen LogP contribution in [0.15, 0.2) is 22.7 Å². The number of carbonyl (C=O) groups is 1. The number of hydrogen-bond donors (Lipinski definition) is 0. The van der Waals surface area contributed by atoms with Crippen LogP contribution in [0, 0.1) is 6.92 Å². The number of Topliss-reactive ketones (excluding diaryl/α,β-unsaturated/α-hetero) is 1. The molecule has 0 aliphatic rings. The van der Waals surface area contributed by atoms with E-state index in [1.807, 2.05) is 18.5 Å². The first-order chi connectivity index (χ1) is 9.43. The molecule has 1 aromatic heterocycles. The molecule has 0 unspecified atom stereocenters. The number of halogens is 3. The molecule has 0 spiro atoms. The minimum atomic E-state index is -0.0761. The van der Waals surface area contributed by atoms with Gasteiger partial charge in [0.25, 0.3) is 0 Å². The quantitative estimate of drug-likeness (QED) is 0.725. The van der Waals surface area contributed by atoms with E-state index >= 15 is 0 Å². The summed E-state index contributed by atoms with van der Waals surface area (Å²) in [6.45, 7) is 4.59. The average molecular weight is 376 g/mol. The van der Waals surface area contributed by atoms with Crippen LogP contribution in [-0.2, 0) is 13.0 Å². The molecule has 0 saturated heterocycles. The van der Waals surface area contributed by atoms with Gasteiger partial charge in [-0.25, -0.2) is 0 Å². The fourth-order valence-corrected chi connectivity index (χ4v) is 2.82. The van der Waals surface area contributed by atoms with Crippen LogP contribution in [0.4, 0.5) is 0 Å². The number of rotatable bonds is 4. The van der Waals surface area contributed by atoms with Crippen molar-refractivity contribution < 1.29 is 4.79 Å². The third kappa shape index (κ3) is 3.08. The molecule has 1 heterocycles. The Morgan fingerprint density at radius 1 is 1.40 bits per heavy atom. The van der Waals surface area contributed by atoms with Crippen molar-refractivity contribution in [2.45, 2.75) is 26.8 Å². The predicted octanol–water partition coefficient (Wildman–Crippen LogP) is 4.71. The molecule has 20 heavy (non-hydrogen) atoms. The highest BCUT2D eigenvalue weighted by atomic mass is 79.9. The molecule has 0 aliphatic heterocycles. The molecular weight excluding hydrogens is 363 g/mol. The molecule has 0 radical (unpaired) electrons. The number of hydrogen-bond acceptors (Lipinski definition) is 2. The summed E-state index contributed by atoms with van der Waals surface area (Å²) in [7, 11) is 0. The van der Waals surface area contributed by atoms with E-state index in [2.05, 4.69) is 21.0 Å². The lowest BCUT2D eigenvalue weighted by Crippen LogP contribution is -2.10. The third-order valence-corrected chi connectivity index (χ3v) is 4.61. The molecule has 3 nitrogen and oxygen atoms in total. The Kier molecular flexibility index (Phi) is 4.89. The SMILES string of the molecule is CCn1nc(C)c(Br)c1CC(=O)c1cc(Cl)ccc1Cl. The Bertz CT molecular complexity index is 667. The van der Waals surface area contributed by atoms with Gasteiger partial charge in [-0.15, -0.1) is 0 Å². The van der Waals surface area contributed by atoms with Crippen LogP contribution in [0.1, 0.15) is 28.7 Å². The van der Waals surface area contributed by atoms with Crippen LogP contribution in [0.2, 0.25) is 10.0 Å². The highest BCUT2D eigenvalue weighted by Crippen LogP contribution is 2.26. The molecule has 0 N–H and O–H groups in total.